The largest absolute Gasteiger partial charge is 0.459 e. The molecule has 1 atom stereocenters. The Labute approximate surface area is 158 Å². The van der Waals surface area contributed by atoms with Crippen LogP contribution in [0.4, 0.5) is 0 Å². The zero-order chi connectivity index (χ0) is 18.4. The summed E-state index contributed by atoms with van der Waals surface area (Å²) in [5.41, 5.74) is 3.04. The summed E-state index contributed by atoms with van der Waals surface area (Å²) in [5, 5.41) is 3.62. The van der Waals surface area contributed by atoms with E-state index in [0.717, 1.165) is 30.9 Å². The fraction of sp³-hybridized carbons (Fsp3) is 0.609. The normalized spacial score (nSPS) is 24.0. The fourth-order valence-electron chi connectivity index (χ4n) is 4.22. The minimum absolute atomic E-state index is 0.0860. The Kier molecular flexibility index (Phi) is 6.76. The molecule has 142 valence electrons. The molecule has 0 bridgehead atoms. The number of rotatable bonds is 6. The van der Waals surface area contributed by atoms with Gasteiger partial charge in [0.2, 0.25) is 0 Å². The number of hydrogen-bond donors (Lipinski definition) is 1. The highest BCUT2D eigenvalue weighted by Crippen LogP contribution is 2.35. The SMILES string of the molecule is CC(C)OC(=O)C1=CCC(CC2CCCCC2)C(NC2=CCCC=C2)=C1. The molecule has 26 heavy (non-hydrogen) atoms. The first-order valence-electron chi connectivity index (χ1n) is 10.4. The highest BCUT2D eigenvalue weighted by atomic mass is 16.5. The van der Waals surface area contributed by atoms with Gasteiger partial charge in [0, 0.05) is 17.3 Å². The molecule has 1 saturated carbocycles. The number of carbonyl (C=O) groups excluding carboxylic acids is 1. The predicted octanol–water partition coefficient (Wildman–Crippen LogP) is 5.56. The second-order valence-electron chi connectivity index (χ2n) is 8.15. The summed E-state index contributed by atoms with van der Waals surface area (Å²) in [4.78, 5) is 12.4. The van der Waals surface area contributed by atoms with Gasteiger partial charge in [-0.3, -0.25) is 0 Å². The Balaban J connectivity index is 1.72. The summed E-state index contributed by atoms with van der Waals surface area (Å²) in [5.74, 6) is 1.10. The van der Waals surface area contributed by atoms with Gasteiger partial charge >= 0.3 is 5.97 Å². The highest BCUT2D eigenvalue weighted by molar-refractivity contribution is 5.92. The van der Waals surface area contributed by atoms with Gasteiger partial charge in [-0.15, -0.1) is 0 Å². The second-order valence-corrected chi connectivity index (χ2v) is 8.15. The van der Waals surface area contributed by atoms with Crippen LogP contribution in [0.15, 0.2) is 47.3 Å². The van der Waals surface area contributed by atoms with Crippen LogP contribution in [0.25, 0.3) is 0 Å². The van der Waals surface area contributed by atoms with Crippen LogP contribution < -0.4 is 5.32 Å². The van der Waals surface area contributed by atoms with E-state index in [1.54, 1.807) is 0 Å². The predicted molar refractivity (Wildman–Crippen MR) is 106 cm³/mol. The molecule has 0 aliphatic heterocycles. The number of hydrogen-bond acceptors (Lipinski definition) is 3. The molecule has 3 rings (SSSR count). The second kappa shape index (κ2) is 9.25. The first-order chi connectivity index (χ1) is 12.6. The third kappa shape index (κ3) is 5.36. The van der Waals surface area contributed by atoms with Crippen molar-refractivity contribution in [2.45, 2.75) is 77.7 Å². The van der Waals surface area contributed by atoms with Crippen molar-refractivity contribution < 1.29 is 9.53 Å². The molecule has 0 radical (unpaired) electrons. The average Bonchev–Trinajstić information content (AvgIpc) is 2.64. The Hall–Kier alpha value is -1.77. The summed E-state index contributed by atoms with van der Waals surface area (Å²) in [6.07, 6.45) is 21.9. The van der Waals surface area contributed by atoms with Crippen LogP contribution in [0, 0.1) is 11.8 Å². The van der Waals surface area contributed by atoms with E-state index in [1.807, 2.05) is 19.9 Å². The maximum absolute atomic E-state index is 12.4. The average molecular weight is 356 g/mol. The Morgan fingerprint density at radius 1 is 1.19 bits per heavy atom. The van der Waals surface area contributed by atoms with Crippen LogP contribution in [0.5, 0.6) is 0 Å². The van der Waals surface area contributed by atoms with Crippen molar-refractivity contribution in [1.29, 1.82) is 0 Å². The Morgan fingerprint density at radius 3 is 2.69 bits per heavy atom. The summed E-state index contributed by atoms with van der Waals surface area (Å²) in [6, 6.07) is 0. The van der Waals surface area contributed by atoms with Crippen LogP contribution in [0.1, 0.15) is 71.6 Å². The summed E-state index contributed by atoms with van der Waals surface area (Å²) in [7, 11) is 0. The molecule has 3 nitrogen and oxygen atoms in total. The van der Waals surface area contributed by atoms with E-state index in [0.29, 0.717) is 11.5 Å². The smallest absolute Gasteiger partial charge is 0.338 e. The van der Waals surface area contributed by atoms with E-state index in [-0.39, 0.29) is 12.1 Å². The van der Waals surface area contributed by atoms with Gasteiger partial charge in [0.1, 0.15) is 0 Å². The van der Waals surface area contributed by atoms with Gasteiger partial charge in [0.05, 0.1) is 11.7 Å². The minimum atomic E-state index is -0.205. The third-order valence-corrected chi connectivity index (χ3v) is 5.58. The molecular formula is C23H33NO2. The maximum atomic E-state index is 12.4. The molecule has 0 saturated heterocycles. The van der Waals surface area contributed by atoms with Gasteiger partial charge in [0.15, 0.2) is 0 Å². The topological polar surface area (TPSA) is 38.3 Å². The van der Waals surface area contributed by atoms with E-state index in [4.69, 9.17) is 4.74 Å². The van der Waals surface area contributed by atoms with Crippen LogP contribution in [0.2, 0.25) is 0 Å². The molecular weight excluding hydrogens is 322 g/mol. The van der Waals surface area contributed by atoms with Crippen molar-refractivity contribution in [1.82, 2.24) is 5.32 Å². The van der Waals surface area contributed by atoms with Crippen molar-refractivity contribution in [2.75, 3.05) is 0 Å². The van der Waals surface area contributed by atoms with Crippen molar-refractivity contribution in [2.24, 2.45) is 11.8 Å². The lowest BCUT2D eigenvalue weighted by Crippen LogP contribution is -2.26. The van der Waals surface area contributed by atoms with Crippen LogP contribution in [-0.4, -0.2) is 12.1 Å². The quantitative estimate of drug-likeness (QED) is 0.634. The Bertz CT molecular complexity index is 618. The highest BCUT2D eigenvalue weighted by Gasteiger charge is 2.26. The summed E-state index contributed by atoms with van der Waals surface area (Å²) < 4.78 is 5.41. The fourth-order valence-corrected chi connectivity index (χ4v) is 4.22. The number of carbonyl (C=O) groups is 1. The molecule has 1 unspecified atom stereocenters. The maximum Gasteiger partial charge on any atom is 0.338 e. The first kappa shape index (κ1) is 19.0. The molecule has 1 N–H and O–H groups in total. The number of ether oxygens (including phenoxy) is 1. The van der Waals surface area contributed by atoms with Crippen molar-refractivity contribution >= 4 is 5.97 Å². The van der Waals surface area contributed by atoms with Gasteiger partial charge < -0.3 is 10.1 Å². The van der Waals surface area contributed by atoms with Crippen molar-refractivity contribution in [3.8, 4) is 0 Å². The molecule has 0 heterocycles. The number of allylic oxidation sites excluding steroid dienone is 5. The van der Waals surface area contributed by atoms with Crippen molar-refractivity contribution in [3.63, 3.8) is 0 Å². The lowest BCUT2D eigenvalue weighted by atomic mass is 9.79. The van der Waals surface area contributed by atoms with Gasteiger partial charge in [-0.25, -0.2) is 4.79 Å². The third-order valence-electron chi connectivity index (χ3n) is 5.58. The molecule has 0 aromatic carbocycles. The van der Waals surface area contributed by atoms with E-state index in [1.165, 1.54) is 44.2 Å². The van der Waals surface area contributed by atoms with E-state index < -0.39 is 0 Å². The van der Waals surface area contributed by atoms with Crippen LogP contribution >= 0.6 is 0 Å². The Morgan fingerprint density at radius 2 is 2.00 bits per heavy atom. The number of esters is 1. The van der Waals surface area contributed by atoms with Gasteiger partial charge in [-0.2, -0.15) is 0 Å². The molecule has 0 spiro atoms. The van der Waals surface area contributed by atoms with Crippen LogP contribution in [0.3, 0.4) is 0 Å². The molecule has 3 heteroatoms. The summed E-state index contributed by atoms with van der Waals surface area (Å²) >= 11 is 0. The van der Waals surface area contributed by atoms with E-state index >= 15 is 0 Å². The van der Waals surface area contributed by atoms with Crippen LogP contribution in [-0.2, 0) is 9.53 Å². The molecule has 0 aromatic heterocycles. The molecule has 1 fully saturated rings. The lowest BCUT2D eigenvalue weighted by Gasteiger charge is -2.30. The molecule has 3 aliphatic carbocycles. The van der Waals surface area contributed by atoms with Gasteiger partial charge in [-0.05, 0) is 57.6 Å². The minimum Gasteiger partial charge on any atom is -0.459 e. The first-order valence-corrected chi connectivity index (χ1v) is 10.4. The standard InChI is InChI=1S/C23H33NO2/c1-17(2)26-23(25)20-14-13-19(15-18-9-5-3-6-10-18)22(16-20)24-21-11-7-4-8-12-21/h7,11-12,14,16-19,24H,3-6,8-10,13,15H2,1-2H3. The monoisotopic (exact) mass is 355 g/mol. The van der Waals surface area contributed by atoms with E-state index in [9.17, 15) is 4.79 Å². The molecule has 0 aromatic rings. The zero-order valence-corrected chi connectivity index (χ0v) is 16.3. The number of nitrogens with one attached hydrogen (secondary N) is 1. The van der Waals surface area contributed by atoms with E-state index in [2.05, 4.69) is 29.6 Å². The molecule has 3 aliphatic rings. The zero-order valence-electron chi connectivity index (χ0n) is 16.3. The van der Waals surface area contributed by atoms with Gasteiger partial charge in [-0.1, -0.05) is 50.3 Å². The van der Waals surface area contributed by atoms with Crippen molar-refractivity contribution in [3.05, 3.63) is 47.3 Å². The molecule has 0 amide bonds. The summed E-state index contributed by atoms with van der Waals surface area (Å²) in [6.45, 7) is 3.79. The lowest BCUT2D eigenvalue weighted by molar-refractivity contribution is -0.142. The van der Waals surface area contributed by atoms with Gasteiger partial charge in [0.25, 0.3) is 0 Å².